The van der Waals surface area contributed by atoms with E-state index in [-0.39, 0.29) is 6.04 Å². The molecule has 15 heavy (non-hydrogen) atoms. The SMILES string of the molecule is CC(NCc1ccc(Br)o1)c1ccco1. The summed E-state index contributed by atoms with van der Waals surface area (Å²) < 4.78 is 11.4. The van der Waals surface area contributed by atoms with E-state index in [1.807, 2.05) is 24.3 Å². The molecule has 0 amide bonds. The van der Waals surface area contributed by atoms with Crippen molar-refractivity contribution >= 4 is 15.9 Å². The summed E-state index contributed by atoms with van der Waals surface area (Å²) >= 11 is 3.26. The van der Waals surface area contributed by atoms with E-state index in [0.29, 0.717) is 6.54 Å². The molecule has 0 bridgehead atoms. The topological polar surface area (TPSA) is 38.3 Å². The second-order valence-corrected chi connectivity index (χ2v) is 4.11. The summed E-state index contributed by atoms with van der Waals surface area (Å²) in [6.45, 7) is 2.74. The summed E-state index contributed by atoms with van der Waals surface area (Å²) in [6.07, 6.45) is 1.68. The number of nitrogens with one attached hydrogen (secondary N) is 1. The van der Waals surface area contributed by atoms with Crippen LogP contribution in [0, 0.1) is 0 Å². The molecular formula is C11H12BrNO2. The molecule has 0 aliphatic carbocycles. The van der Waals surface area contributed by atoms with Gasteiger partial charge in [0.05, 0.1) is 18.8 Å². The van der Waals surface area contributed by atoms with Gasteiger partial charge in [-0.15, -0.1) is 0 Å². The monoisotopic (exact) mass is 269 g/mol. The van der Waals surface area contributed by atoms with Gasteiger partial charge in [0.2, 0.25) is 0 Å². The van der Waals surface area contributed by atoms with Crippen LogP contribution >= 0.6 is 15.9 Å². The van der Waals surface area contributed by atoms with Gasteiger partial charge in [-0.1, -0.05) is 0 Å². The van der Waals surface area contributed by atoms with Crippen LogP contribution in [-0.2, 0) is 6.54 Å². The first kappa shape index (κ1) is 10.5. The zero-order valence-corrected chi connectivity index (χ0v) is 9.95. The highest BCUT2D eigenvalue weighted by atomic mass is 79.9. The summed E-state index contributed by atoms with van der Waals surface area (Å²) in [5.41, 5.74) is 0. The lowest BCUT2D eigenvalue weighted by atomic mass is 10.2. The lowest BCUT2D eigenvalue weighted by Gasteiger charge is -2.09. The Bertz CT molecular complexity index is 408. The van der Waals surface area contributed by atoms with E-state index in [1.165, 1.54) is 0 Å². The summed E-state index contributed by atoms with van der Waals surface area (Å²) in [5.74, 6) is 1.83. The van der Waals surface area contributed by atoms with E-state index in [4.69, 9.17) is 8.83 Å². The molecule has 2 aromatic rings. The average Bonchev–Trinajstić information content (AvgIpc) is 2.84. The Hall–Kier alpha value is -1.00. The molecule has 0 saturated heterocycles. The van der Waals surface area contributed by atoms with Gasteiger partial charge in [0.1, 0.15) is 11.5 Å². The smallest absolute Gasteiger partial charge is 0.169 e. The normalized spacial score (nSPS) is 12.9. The Labute approximate surface area is 96.6 Å². The fourth-order valence-electron chi connectivity index (χ4n) is 1.34. The fourth-order valence-corrected chi connectivity index (χ4v) is 1.68. The number of hydrogen-bond donors (Lipinski definition) is 1. The summed E-state index contributed by atoms with van der Waals surface area (Å²) in [7, 11) is 0. The van der Waals surface area contributed by atoms with E-state index in [2.05, 4.69) is 28.2 Å². The van der Waals surface area contributed by atoms with Crippen molar-refractivity contribution in [2.24, 2.45) is 0 Å². The molecule has 0 aliphatic heterocycles. The van der Waals surface area contributed by atoms with Crippen molar-refractivity contribution < 1.29 is 8.83 Å². The molecule has 80 valence electrons. The summed E-state index contributed by atoms with van der Waals surface area (Å²) in [5, 5.41) is 3.31. The van der Waals surface area contributed by atoms with Crippen molar-refractivity contribution in [3.63, 3.8) is 0 Å². The van der Waals surface area contributed by atoms with Gasteiger partial charge in [-0.05, 0) is 47.1 Å². The molecule has 0 aliphatic rings. The Kier molecular flexibility index (Phi) is 3.28. The number of halogens is 1. The highest BCUT2D eigenvalue weighted by Crippen LogP contribution is 2.16. The largest absolute Gasteiger partial charge is 0.468 e. The molecule has 2 heterocycles. The van der Waals surface area contributed by atoms with Crippen LogP contribution in [0.5, 0.6) is 0 Å². The summed E-state index contributed by atoms with van der Waals surface area (Å²) in [6, 6.07) is 7.84. The van der Waals surface area contributed by atoms with Gasteiger partial charge in [0, 0.05) is 0 Å². The molecule has 0 spiro atoms. The van der Waals surface area contributed by atoms with Gasteiger partial charge < -0.3 is 14.2 Å². The number of rotatable bonds is 4. The third kappa shape index (κ3) is 2.73. The van der Waals surface area contributed by atoms with E-state index in [1.54, 1.807) is 6.26 Å². The van der Waals surface area contributed by atoms with Gasteiger partial charge in [0.15, 0.2) is 4.67 Å². The van der Waals surface area contributed by atoms with E-state index in [0.717, 1.165) is 16.2 Å². The average molecular weight is 270 g/mol. The minimum absolute atomic E-state index is 0.184. The van der Waals surface area contributed by atoms with Gasteiger partial charge in [-0.3, -0.25) is 0 Å². The van der Waals surface area contributed by atoms with E-state index in [9.17, 15) is 0 Å². The lowest BCUT2D eigenvalue weighted by molar-refractivity contribution is 0.402. The Morgan fingerprint density at radius 3 is 2.87 bits per heavy atom. The van der Waals surface area contributed by atoms with Crippen molar-refractivity contribution in [1.82, 2.24) is 5.32 Å². The first-order valence-corrected chi connectivity index (χ1v) is 5.56. The van der Waals surface area contributed by atoms with Crippen LogP contribution in [-0.4, -0.2) is 0 Å². The molecule has 4 heteroatoms. The van der Waals surface area contributed by atoms with Gasteiger partial charge in [0.25, 0.3) is 0 Å². The molecule has 1 N–H and O–H groups in total. The zero-order valence-electron chi connectivity index (χ0n) is 8.37. The first-order valence-electron chi connectivity index (χ1n) is 4.76. The van der Waals surface area contributed by atoms with Crippen LogP contribution in [0.2, 0.25) is 0 Å². The maximum atomic E-state index is 5.37. The van der Waals surface area contributed by atoms with E-state index >= 15 is 0 Å². The van der Waals surface area contributed by atoms with Gasteiger partial charge >= 0.3 is 0 Å². The third-order valence-electron chi connectivity index (χ3n) is 2.18. The quantitative estimate of drug-likeness (QED) is 0.924. The molecular weight excluding hydrogens is 258 g/mol. The van der Waals surface area contributed by atoms with Crippen LogP contribution in [0.1, 0.15) is 24.5 Å². The van der Waals surface area contributed by atoms with E-state index < -0.39 is 0 Å². The first-order chi connectivity index (χ1) is 7.25. The predicted octanol–water partition coefficient (Wildman–Crippen LogP) is 3.49. The zero-order chi connectivity index (χ0) is 10.7. The predicted molar refractivity (Wildman–Crippen MR) is 60.4 cm³/mol. The van der Waals surface area contributed by atoms with Crippen LogP contribution in [0.25, 0.3) is 0 Å². The molecule has 0 fully saturated rings. The minimum Gasteiger partial charge on any atom is -0.468 e. The van der Waals surface area contributed by atoms with Crippen molar-refractivity contribution in [2.45, 2.75) is 19.5 Å². The second kappa shape index (κ2) is 4.68. The van der Waals surface area contributed by atoms with Crippen molar-refractivity contribution in [1.29, 1.82) is 0 Å². The Balaban J connectivity index is 1.88. The third-order valence-corrected chi connectivity index (χ3v) is 2.61. The molecule has 0 radical (unpaired) electrons. The highest BCUT2D eigenvalue weighted by Gasteiger charge is 2.08. The number of hydrogen-bond acceptors (Lipinski definition) is 3. The molecule has 1 atom stereocenters. The molecule has 3 nitrogen and oxygen atoms in total. The van der Waals surface area contributed by atoms with Crippen LogP contribution in [0.3, 0.4) is 0 Å². The Morgan fingerprint density at radius 1 is 1.40 bits per heavy atom. The lowest BCUT2D eigenvalue weighted by Crippen LogP contribution is -2.17. The van der Waals surface area contributed by atoms with Crippen LogP contribution < -0.4 is 5.32 Å². The van der Waals surface area contributed by atoms with Crippen molar-refractivity contribution in [3.8, 4) is 0 Å². The molecule has 2 aromatic heterocycles. The standard InChI is InChI=1S/C11H12BrNO2/c1-8(10-3-2-6-14-10)13-7-9-4-5-11(12)15-9/h2-6,8,13H,7H2,1H3. The molecule has 1 unspecified atom stereocenters. The van der Waals surface area contributed by atoms with Gasteiger partial charge in [-0.2, -0.15) is 0 Å². The minimum atomic E-state index is 0.184. The molecule has 0 saturated carbocycles. The maximum Gasteiger partial charge on any atom is 0.169 e. The van der Waals surface area contributed by atoms with Crippen LogP contribution in [0.15, 0.2) is 44.0 Å². The van der Waals surface area contributed by atoms with Crippen molar-refractivity contribution in [2.75, 3.05) is 0 Å². The molecule has 0 aromatic carbocycles. The number of furan rings is 2. The van der Waals surface area contributed by atoms with Crippen LogP contribution in [0.4, 0.5) is 0 Å². The second-order valence-electron chi connectivity index (χ2n) is 3.32. The Morgan fingerprint density at radius 2 is 2.27 bits per heavy atom. The maximum absolute atomic E-state index is 5.37. The molecule has 2 rings (SSSR count). The highest BCUT2D eigenvalue weighted by molar-refractivity contribution is 9.10. The van der Waals surface area contributed by atoms with Crippen molar-refractivity contribution in [3.05, 3.63) is 46.7 Å². The summed E-state index contributed by atoms with van der Waals surface area (Å²) in [4.78, 5) is 0. The van der Waals surface area contributed by atoms with Gasteiger partial charge in [-0.25, -0.2) is 0 Å². The fraction of sp³-hybridized carbons (Fsp3) is 0.273.